The summed E-state index contributed by atoms with van der Waals surface area (Å²) >= 11 is 0. The van der Waals surface area contributed by atoms with Crippen molar-refractivity contribution in [1.29, 1.82) is 0 Å². The van der Waals surface area contributed by atoms with Gasteiger partial charge in [0.25, 0.3) is 0 Å². The molecule has 0 atom stereocenters. The molecule has 4 nitrogen and oxygen atoms in total. The summed E-state index contributed by atoms with van der Waals surface area (Å²) in [6, 6.07) is 3.79. The van der Waals surface area contributed by atoms with Gasteiger partial charge in [0.1, 0.15) is 12.1 Å². The fraction of sp³-hybridized carbons (Fsp3) is 0.400. The molecule has 1 rings (SSSR count). The molecule has 0 aliphatic rings. The minimum absolute atomic E-state index is 0.00791. The summed E-state index contributed by atoms with van der Waals surface area (Å²) in [5.41, 5.74) is 0.798. The zero-order chi connectivity index (χ0) is 14.3. The van der Waals surface area contributed by atoms with Crippen molar-refractivity contribution in [2.75, 3.05) is 5.32 Å². The molecule has 1 N–H and O–H groups in total. The normalized spacial score (nSPS) is 11.5. The molecule has 1 aromatic rings. The van der Waals surface area contributed by atoms with Crippen LogP contribution in [0.1, 0.15) is 32.3 Å². The zero-order valence-electron chi connectivity index (χ0n) is 11.6. The lowest BCUT2D eigenvalue weighted by Crippen LogP contribution is -2.16. The lowest BCUT2D eigenvalue weighted by Gasteiger charge is -2.19. The van der Waals surface area contributed by atoms with Gasteiger partial charge < -0.3 is 10.1 Å². The molecule has 0 fully saturated rings. The first-order chi connectivity index (χ1) is 8.93. The van der Waals surface area contributed by atoms with Gasteiger partial charge >= 0.3 is 0 Å². The molecule has 0 saturated carbocycles. The van der Waals surface area contributed by atoms with Crippen LogP contribution < -0.4 is 5.32 Å². The third-order valence-electron chi connectivity index (χ3n) is 2.70. The molecule has 4 heteroatoms. The topological polar surface area (TPSA) is 59.1 Å². The first-order valence-electron chi connectivity index (χ1n) is 6.25. The minimum atomic E-state index is -0.286. The Morgan fingerprint density at radius 3 is 2.74 bits per heavy atom. The van der Waals surface area contributed by atoms with E-state index in [9.17, 15) is 9.59 Å². The number of nitrogens with one attached hydrogen (secondary N) is 1. The maximum atomic E-state index is 11.7. The molecule has 102 valence electrons. The van der Waals surface area contributed by atoms with E-state index in [1.54, 1.807) is 12.4 Å². The molecule has 0 aliphatic carbocycles. The molecule has 0 saturated heterocycles. The highest BCUT2D eigenvalue weighted by molar-refractivity contribution is 5.90. The van der Waals surface area contributed by atoms with E-state index in [0.717, 1.165) is 11.8 Å². The van der Waals surface area contributed by atoms with E-state index in [4.69, 9.17) is 0 Å². The van der Waals surface area contributed by atoms with Gasteiger partial charge in [-0.25, -0.2) is 4.98 Å². The van der Waals surface area contributed by atoms with Crippen LogP contribution in [-0.4, -0.2) is 17.1 Å². The van der Waals surface area contributed by atoms with Crippen LogP contribution in [0.15, 0.2) is 30.6 Å². The second-order valence-electron chi connectivity index (χ2n) is 5.38. The zero-order valence-corrected chi connectivity index (χ0v) is 11.6. The number of ketones is 1. The van der Waals surface area contributed by atoms with Gasteiger partial charge in [0.15, 0.2) is 5.78 Å². The van der Waals surface area contributed by atoms with Crippen LogP contribution in [0.5, 0.6) is 0 Å². The first-order valence-corrected chi connectivity index (χ1v) is 6.25. The van der Waals surface area contributed by atoms with E-state index < -0.39 is 0 Å². The molecular formula is C15H20N2O2. The second kappa shape index (κ2) is 6.83. The molecule has 1 aromatic heterocycles. The Kier molecular flexibility index (Phi) is 5.42. The Hall–Kier alpha value is -1.97. The van der Waals surface area contributed by atoms with E-state index >= 15 is 0 Å². The molecule has 0 bridgehead atoms. The van der Waals surface area contributed by atoms with E-state index in [1.165, 1.54) is 6.08 Å². The van der Waals surface area contributed by atoms with Gasteiger partial charge in [0.2, 0.25) is 0 Å². The first kappa shape index (κ1) is 15.1. The van der Waals surface area contributed by atoms with Crippen LogP contribution in [0, 0.1) is 12.3 Å². The maximum Gasteiger partial charge on any atom is 0.157 e. The number of pyridine rings is 1. The largest absolute Gasteiger partial charge is 0.347 e. The maximum absolute atomic E-state index is 11.7. The number of aromatic nitrogens is 1. The van der Waals surface area contributed by atoms with Crippen LogP contribution in [0.25, 0.3) is 0 Å². The number of rotatable bonds is 7. The third-order valence-corrected chi connectivity index (χ3v) is 2.70. The summed E-state index contributed by atoms with van der Waals surface area (Å²) in [7, 11) is 0. The lowest BCUT2D eigenvalue weighted by molar-refractivity contribution is -0.117. The average molecular weight is 260 g/mol. The van der Waals surface area contributed by atoms with Gasteiger partial charge in [-0.3, -0.25) is 4.79 Å². The Morgan fingerprint density at radius 1 is 1.42 bits per heavy atom. The van der Waals surface area contributed by atoms with Gasteiger partial charge in [0, 0.05) is 25.2 Å². The van der Waals surface area contributed by atoms with Crippen molar-refractivity contribution in [3.8, 4) is 0 Å². The highest BCUT2D eigenvalue weighted by Gasteiger charge is 2.19. The number of aldehydes is 1. The van der Waals surface area contributed by atoms with Crippen molar-refractivity contribution in [3.63, 3.8) is 0 Å². The number of carbonyl (C=O) groups is 2. The third kappa shape index (κ3) is 5.95. The molecule has 0 amide bonds. The summed E-state index contributed by atoms with van der Waals surface area (Å²) in [6.07, 6.45) is 6.41. The number of hydrogen-bond acceptors (Lipinski definition) is 4. The van der Waals surface area contributed by atoms with Crippen LogP contribution >= 0.6 is 0 Å². The van der Waals surface area contributed by atoms with E-state index in [1.807, 2.05) is 32.9 Å². The Labute approximate surface area is 113 Å². The number of carbonyl (C=O) groups excluding carboxylic acids is 2. The fourth-order valence-electron chi connectivity index (χ4n) is 1.60. The molecule has 19 heavy (non-hydrogen) atoms. The minimum Gasteiger partial charge on any atom is -0.347 e. The smallest absolute Gasteiger partial charge is 0.157 e. The molecule has 0 radical (unpaired) electrons. The van der Waals surface area contributed by atoms with Crippen LogP contribution in [0.4, 0.5) is 5.82 Å². The molecule has 0 aliphatic heterocycles. The van der Waals surface area contributed by atoms with Crippen molar-refractivity contribution in [1.82, 2.24) is 4.98 Å². The monoisotopic (exact) mass is 260 g/mol. The summed E-state index contributed by atoms with van der Waals surface area (Å²) in [5.74, 6) is 0.688. The van der Waals surface area contributed by atoms with Crippen molar-refractivity contribution >= 4 is 17.9 Å². The van der Waals surface area contributed by atoms with Crippen molar-refractivity contribution in [2.45, 2.75) is 33.6 Å². The van der Waals surface area contributed by atoms with Crippen LogP contribution in [0.3, 0.4) is 0 Å². The summed E-state index contributed by atoms with van der Waals surface area (Å²) in [5, 5.41) is 2.94. The van der Waals surface area contributed by atoms with Gasteiger partial charge in [0.05, 0.1) is 0 Å². The SMILES string of the molecule is Cc1ccc(N/C=C/C(=O)CC(C)(C)CC=O)nc1. The number of anilines is 1. The predicted molar refractivity (Wildman–Crippen MR) is 75.8 cm³/mol. The van der Waals surface area contributed by atoms with Gasteiger partial charge in [-0.2, -0.15) is 0 Å². The number of nitrogens with zero attached hydrogens (tertiary/aromatic N) is 1. The molecule has 0 spiro atoms. The summed E-state index contributed by atoms with van der Waals surface area (Å²) in [6.45, 7) is 5.77. The van der Waals surface area contributed by atoms with E-state index in [-0.39, 0.29) is 11.2 Å². The highest BCUT2D eigenvalue weighted by atomic mass is 16.1. The van der Waals surface area contributed by atoms with Gasteiger partial charge in [-0.05, 0) is 30.0 Å². The summed E-state index contributed by atoms with van der Waals surface area (Å²) < 4.78 is 0. The molecule has 0 unspecified atom stereocenters. The lowest BCUT2D eigenvalue weighted by atomic mass is 9.84. The predicted octanol–water partition coefficient (Wildman–Crippen LogP) is 2.89. The Bertz CT molecular complexity index is 462. The molecular weight excluding hydrogens is 240 g/mol. The van der Waals surface area contributed by atoms with Gasteiger partial charge in [-0.1, -0.05) is 19.9 Å². The van der Waals surface area contributed by atoms with E-state index in [0.29, 0.717) is 18.7 Å². The van der Waals surface area contributed by atoms with Gasteiger partial charge in [-0.15, -0.1) is 0 Å². The van der Waals surface area contributed by atoms with Crippen molar-refractivity contribution < 1.29 is 9.59 Å². The molecule has 1 heterocycles. The number of allylic oxidation sites excluding steroid dienone is 1. The highest BCUT2D eigenvalue weighted by Crippen LogP contribution is 2.23. The summed E-state index contributed by atoms with van der Waals surface area (Å²) in [4.78, 5) is 26.4. The quantitative estimate of drug-likeness (QED) is 0.605. The Balaban J connectivity index is 2.46. The average Bonchev–Trinajstić information content (AvgIpc) is 2.30. The van der Waals surface area contributed by atoms with Crippen LogP contribution in [-0.2, 0) is 9.59 Å². The fourth-order valence-corrected chi connectivity index (χ4v) is 1.60. The number of aryl methyl sites for hydroxylation is 1. The van der Waals surface area contributed by atoms with Crippen molar-refractivity contribution in [3.05, 3.63) is 36.2 Å². The Morgan fingerprint density at radius 2 is 2.16 bits per heavy atom. The van der Waals surface area contributed by atoms with E-state index in [2.05, 4.69) is 10.3 Å². The second-order valence-corrected chi connectivity index (χ2v) is 5.38. The number of hydrogen-bond donors (Lipinski definition) is 1. The molecule has 0 aromatic carbocycles. The van der Waals surface area contributed by atoms with Crippen molar-refractivity contribution in [2.24, 2.45) is 5.41 Å². The van der Waals surface area contributed by atoms with Crippen LogP contribution in [0.2, 0.25) is 0 Å². The standard InChI is InChI=1S/C15H20N2O2/c1-12-4-5-14(17-11-12)16-8-6-13(19)10-15(2,3)7-9-18/h4-6,8-9,11H,7,10H2,1-3H3,(H,16,17)/b8-6+.